The Kier molecular flexibility index (Phi) is 4.91. The van der Waals surface area contributed by atoms with Gasteiger partial charge in [-0.05, 0) is 85.1 Å². The van der Waals surface area contributed by atoms with Gasteiger partial charge in [-0.1, -0.05) is 43.6 Å². The number of benzene rings is 2. The maximum absolute atomic E-state index is 13.9. The first-order valence-corrected chi connectivity index (χ1v) is 11.5. The summed E-state index contributed by atoms with van der Waals surface area (Å²) < 4.78 is 19.7. The monoisotopic (exact) mass is 427 g/mol. The van der Waals surface area contributed by atoms with Crippen molar-refractivity contribution >= 4 is 11.6 Å². The molecule has 2 unspecified atom stereocenters. The van der Waals surface area contributed by atoms with Crippen LogP contribution < -0.4 is 10.1 Å². The third-order valence-corrected chi connectivity index (χ3v) is 8.02. The van der Waals surface area contributed by atoms with Crippen molar-refractivity contribution in [1.29, 1.82) is 0 Å². The quantitative estimate of drug-likeness (QED) is 0.541. The largest absolute Gasteiger partial charge is 0.489 e. The SMILES string of the molecule is C[C@]12CC3CC(NCc4ccc(OCc5c(F)cccc5Cl)cc4)(C1)C[C@@](C)(C3)C2. The minimum absolute atomic E-state index is 0.130. The van der Waals surface area contributed by atoms with Crippen LogP contribution in [0.3, 0.4) is 0 Å². The lowest BCUT2D eigenvalue weighted by molar-refractivity contribution is -0.118. The smallest absolute Gasteiger partial charge is 0.131 e. The molecule has 0 radical (unpaired) electrons. The molecule has 4 aliphatic rings. The zero-order valence-corrected chi connectivity index (χ0v) is 18.7. The first-order valence-electron chi connectivity index (χ1n) is 11.2. The molecule has 0 saturated heterocycles. The molecule has 0 aliphatic heterocycles. The highest BCUT2D eigenvalue weighted by atomic mass is 35.5. The number of ether oxygens (including phenoxy) is 1. The highest BCUT2D eigenvalue weighted by Gasteiger charge is 2.59. The van der Waals surface area contributed by atoms with E-state index in [0.29, 0.717) is 27.0 Å². The lowest BCUT2D eigenvalue weighted by Crippen LogP contribution is -2.63. The number of hydrogen-bond donors (Lipinski definition) is 1. The molecule has 6 rings (SSSR count). The van der Waals surface area contributed by atoms with Gasteiger partial charge in [0.2, 0.25) is 0 Å². The minimum atomic E-state index is -0.332. The molecule has 2 nitrogen and oxygen atoms in total. The summed E-state index contributed by atoms with van der Waals surface area (Å²) in [6.45, 7) is 6.04. The first-order chi connectivity index (χ1) is 14.3. The molecule has 2 aromatic carbocycles. The molecule has 0 heterocycles. The van der Waals surface area contributed by atoms with Crippen molar-refractivity contribution in [1.82, 2.24) is 5.32 Å². The van der Waals surface area contributed by atoms with Crippen LogP contribution in [0.1, 0.15) is 63.5 Å². The summed E-state index contributed by atoms with van der Waals surface area (Å²) >= 11 is 6.08. The van der Waals surface area contributed by atoms with Gasteiger partial charge >= 0.3 is 0 Å². The Hall–Kier alpha value is -1.58. The molecule has 4 heteroatoms. The Balaban J connectivity index is 1.21. The van der Waals surface area contributed by atoms with E-state index in [1.54, 1.807) is 12.1 Å². The van der Waals surface area contributed by atoms with Crippen molar-refractivity contribution in [2.75, 3.05) is 0 Å². The third kappa shape index (κ3) is 3.87. The van der Waals surface area contributed by atoms with Crippen LogP contribution in [-0.4, -0.2) is 5.54 Å². The molecule has 0 amide bonds. The number of nitrogens with one attached hydrogen (secondary N) is 1. The minimum Gasteiger partial charge on any atom is -0.489 e. The highest BCUT2D eigenvalue weighted by Crippen LogP contribution is 2.66. The Bertz CT molecular complexity index is 904. The molecule has 2 aromatic rings. The normalized spacial score (nSPS) is 34.3. The lowest BCUT2D eigenvalue weighted by atomic mass is 9.43. The molecule has 30 heavy (non-hydrogen) atoms. The summed E-state index contributed by atoms with van der Waals surface area (Å²) in [5.41, 5.74) is 3.00. The fourth-order valence-corrected chi connectivity index (χ4v) is 7.68. The number of hydrogen-bond acceptors (Lipinski definition) is 2. The van der Waals surface area contributed by atoms with Gasteiger partial charge in [0.25, 0.3) is 0 Å². The van der Waals surface area contributed by atoms with Crippen LogP contribution in [0.15, 0.2) is 42.5 Å². The number of rotatable bonds is 6. The van der Waals surface area contributed by atoms with Crippen molar-refractivity contribution in [3.05, 3.63) is 64.4 Å². The molecular weight excluding hydrogens is 397 g/mol. The molecule has 0 spiro atoms. The maximum atomic E-state index is 13.9. The van der Waals surface area contributed by atoms with Crippen molar-refractivity contribution in [2.24, 2.45) is 16.7 Å². The van der Waals surface area contributed by atoms with E-state index >= 15 is 0 Å². The average molecular weight is 428 g/mol. The van der Waals surface area contributed by atoms with Gasteiger partial charge in [-0.2, -0.15) is 0 Å². The lowest BCUT2D eigenvalue weighted by Gasteiger charge is -2.65. The summed E-state index contributed by atoms with van der Waals surface area (Å²) in [5, 5.41) is 4.38. The van der Waals surface area contributed by atoms with Gasteiger partial charge in [-0.25, -0.2) is 4.39 Å². The second-order valence-corrected chi connectivity index (χ2v) is 11.3. The van der Waals surface area contributed by atoms with Gasteiger partial charge in [-0.15, -0.1) is 0 Å². The van der Waals surface area contributed by atoms with E-state index in [2.05, 4.69) is 31.3 Å². The van der Waals surface area contributed by atoms with Gasteiger partial charge in [0.05, 0.1) is 5.02 Å². The molecule has 4 bridgehead atoms. The van der Waals surface area contributed by atoms with Crippen LogP contribution in [0, 0.1) is 22.6 Å². The van der Waals surface area contributed by atoms with E-state index in [-0.39, 0.29) is 12.4 Å². The van der Waals surface area contributed by atoms with Crippen LogP contribution in [0.2, 0.25) is 5.02 Å². The second-order valence-electron chi connectivity index (χ2n) is 10.9. The molecule has 160 valence electrons. The zero-order chi connectivity index (χ0) is 21.0. The van der Waals surface area contributed by atoms with Crippen LogP contribution in [-0.2, 0) is 13.2 Å². The topological polar surface area (TPSA) is 21.3 Å². The maximum Gasteiger partial charge on any atom is 0.131 e. The second kappa shape index (κ2) is 7.24. The van der Waals surface area contributed by atoms with E-state index in [4.69, 9.17) is 16.3 Å². The average Bonchev–Trinajstić information content (AvgIpc) is 2.64. The van der Waals surface area contributed by atoms with Gasteiger partial charge in [-0.3, -0.25) is 0 Å². The zero-order valence-electron chi connectivity index (χ0n) is 17.9. The van der Waals surface area contributed by atoms with Gasteiger partial charge in [0.1, 0.15) is 18.2 Å². The van der Waals surface area contributed by atoms with Crippen LogP contribution in [0.4, 0.5) is 4.39 Å². The first kappa shape index (κ1) is 20.3. The van der Waals surface area contributed by atoms with E-state index in [1.165, 1.54) is 50.2 Å². The van der Waals surface area contributed by atoms with E-state index in [0.717, 1.165) is 18.2 Å². The molecule has 4 atom stereocenters. The molecule has 4 saturated carbocycles. The van der Waals surface area contributed by atoms with E-state index in [1.807, 2.05) is 12.1 Å². The molecule has 4 fully saturated rings. The Morgan fingerprint density at radius 3 is 2.33 bits per heavy atom. The fourth-order valence-electron chi connectivity index (χ4n) is 7.46. The molecule has 0 aromatic heterocycles. The van der Waals surface area contributed by atoms with E-state index in [9.17, 15) is 4.39 Å². The summed E-state index contributed by atoms with van der Waals surface area (Å²) in [6, 6.07) is 12.8. The van der Waals surface area contributed by atoms with Crippen LogP contribution in [0.25, 0.3) is 0 Å². The van der Waals surface area contributed by atoms with Crippen molar-refractivity contribution in [2.45, 2.75) is 71.1 Å². The van der Waals surface area contributed by atoms with Crippen molar-refractivity contribution in [3.8, 4) is 5.75 Å². The van der Waals surface area contributed by atoms with Crippen LogP contribution >= 0.6 is 11.6 Å². The van der Waals surface area contributed by atoms with Crippen molar-refractivity contribution < 1.29 is 9.13 Å². The predicted molar refractivity (Wildman–Crippen MR) is 119 cm³/mol. The van der Waals surface area contributed by atoms with Gasteiger partial charge < -0.3 is 10.1 Å². The van der Waals surface area contributed by atoms with Gasteiger partial charge in [0, 0.05) is 17.6 Å². The number of halogens is 2. The molecule has 4 aliphatic carbocycles. The molecule has 1 N–H and O–H groups in total. The van der Waals surface area contributed by atoms with Gasteiger partial charge in [0.15, 0.2) is 0 Å². The predicted octanol–water partition coefficient (Wildman–Crippen LogP) is 6.90. The summed E-state index contributed by atoms with van der Waals surface area (Å²) in [5.74, 6) is 1.29. The fraction of sp³-hybridized carbons (Fsp3) is 0.538. The Morgan fingerprint density at radius 1 is 1.00 bits per heavy atom. The van der Waals surface area contributed by atoms with Crippen LogP contribution in [0.5, 0.6) is 5.75 Å². The highest BCUT2D eigenvalue weighted by molar-refractivity contribution is 6.31. The summed E-state index contributed by atoms with van der Waals surface area (Å²) in [4.78, 5) is 0. The Morgan fingerprint density at radius 2 is 1.70 bits per heavy atom. The third-order valence-electron chi connectivity index (χ3n) is 7.66. The standard InChI is InChI=1S/C26H31ClFNO/c1-24-10-19-11-25(2,15-24)17-26(12-19,16-24)29-13-18-6-8-20(9-7-18)30-14-21-22(27)4-3-5-23(21)28/h3-9,19,29H,10-17H2,1-2H3/t19?,24-,25+,26?. The molecular formula is C26H31ClFNO. The Labute approximate surface area is 184 Å². The van der Waals surface area contributed by atoms with Crippen molar-refractivity contribution in [3.63, 3.8) is 0 Å². The summed E-state index contributed by atoms with van der Waals surface area (Å²) in [7, 11) is 0. The summed E-state index contributed by atoms with van der Waals surface area (Å²) in [6.07, 6.45) is 8.21. The van der Waals surface area contributed by atoms with E-state index < -0.39 is 0 Å².